The van der Waals surface area contributed by atoms with E-state index in [-0.39, 0.29) is 29.2 Å². The molecular formula is C36H44ClN3O5S. The van der Waals surface area contributed by atoms with Crippen LogP contribution in [-0.2, 0) is 21.9 Å². The van der Waals surface area contributed by atoms with Crippen LogP contribution >= 0.6 is 11.6 Å². The zero-order valence-electron chi connectivity index (χ0n) is 26.5. The molecule has 0 saturated heterocycles. The molecule has 46 heavy (non-hydrogen) atoms. The standard InChI is InChI=1S/C36H44ClN3O5S/c1-3-5-7-11-33(41)30-15-12-27(30)22-40-23-36(18-8-9-25-19-28(37)14-16-31(25)36)24-45-34-17-13-26(20-32(34)40)35(42)39-46(43,44)29(21-38)10-6-4-2/h4,7,11,13-14,16-17,19-20,27,29-30,33,41H,2-3,5-6,8-10,12,15,18,22-24H2,1H3,(H,39,42)/b11-7+/t27-,29-,30+,33-,36-/m0/s1. The van der Waals surface area contributed by atoms with Crippen molar-refractivity contribution in [2.45, 2.75) is 81.5 Å². The summed E-state index contributed by atoms with van der Waals surface area (Å²) in [4.78, 5) is 15.6. The second-order valence-corrected chi connectivity index (χ2v) is 15.3. The fourth-order valence-electron chi connectivity index (χ4n) is 7.17. The maximum atomic E-state index is 13.3. The number of sulfonamides is 1. The van der Waals surface area contributed by atoms with E-state index in [0.717, 1.165) is 44.9 Å². The van der Waals surface area contributed by atoms with Crippen LogP contribution in [0, 0.1) is 23.2 Å². The Balaban J connectivity index is 1.47. The fourth-order valence-corrected chi connectivity index (χ4v) is 8.47. The van der Waals surface area contributed by atoms with Gasteiger partial charge < -0.3 is 14.7 Å². The largest absolute Gasteiger partial charge is 0.490 e. The predicted octanol–water partition coefficient (Wildman–Crippen LogP) is 6.47. The van der Waals surface area contributed by atoms with Gasteiger partial charge in [0.2, 0.25) is 0 Å². The van der Waals surface area contributed by atoms with Gasteiger partial charge in [0.15, 0.2) is 5.25 Å². The third-order valence-electron chi connectivity index (χ3n) is 9.84. The number of halogens is 1. The Morgan fingerprint density at radius 1 is 1.28 bits per heavy atom. The summed E-state index contributed by atoms with van der Waals surface area (Å²) < 4.78 is 34.5. The smallest absolute Gasteiger partial charge is 0.264 e. The number of benzene rings is 2. The van der Waals surface area contributed by atoms with E-state index in [1.54, 1.807) is 30.3 Å². The number of nitriles is 1. The van der Waals surface area contributed by atoms with Gasteiger partial charge in [0.25, 0.3) is 15.9 Å². The summed E-state index contributed by atoms with van der Waals surface area (Å²) >= 11 is 6.40. The quantitative estimate of drug-likeness (QED) is 0.249. The Kier molecular flexibility index (Phi) is 10.8. The van der Waals surface area contributed by atoms with E-state index < -0.39 is 27.3 Å². The average Bonchev–Trinajstić information content (AvgIpc) is 3.16. The molecule has 3 aliphatic rings. The molecule has 2 N–H and O–H groups in total. The number of anilines is 1. The molecule has 2 aromatic carbocycles. The number of hydrogen-bond donors (Lipinski definition) is 2. The summed E-state index contributed by atoms with van der Waals surface area (Å²) in [7, 11) is -4.23. The summed E-state index contributed by atoms with van der Waals surface area (Å²) in [5, 5.41) is 19.8. The molecule has 8 nitrogen and oxygen atoms in total. The van der Waals surface area contributed by atoms with E-state index in [9.17, 15) is 23.6 Å². The molecule has 0 bridgehead atoms. The summed E-state index contributed by atoms with van der Waals surface area (Å²) in [5.74, 6) is 0.189. The van der Waals surface area contributed by atoms with Crippen LogP contribution in [-0.4, -0.2) is 50.5 Å². The Morgan fingerprint density at radius 2 is 2.11 bits per heavy atom. The van der Waals surface area contributed by atoms with Crippen LogP contribution in [0.2, 0.25) is 5.02 Å². The van der Waals surface area contributed by atoms with Crippen LogP contribution in [0.5, 0.6) is 5.75 Å². The van der Waals surface area contributed by atoms with E-state index in [1.165, 1.54) is 11.1 Å². The molecule has 1 spiro atoms. The van der Waals surface area contributed by atoms with Crippen molar-refractivity contribution >= 4 is 33.2 Å². The molecule has 0 radical (unpaired) electrons. The van der Waals surface area contributed by atoms with Gasteiger partial charge in [0.05, 0.1) is 24.5 Å². The number of nitrogens with one attached hydrogen (secondary N) is 1. The number of ether oxygens (including phenoxy) is 1. The lowest BCUT2D eigenvalue weighted by atomic mass is 9.68. The number of fused-ring (bicyclic) bond motifs is 3. The van der Waals surface area contributed by atoms with Crippen LogP contribution < -0.4 is 14.4 Å². The van der Waals surface area contributed by atoms with Gasteiger partial charge in [-0.1, -0.05) is 49.2 Å². The van der Waals surface area contributed by atoms with Gasteiger partial charge in [-0.25, -0.2) is 13.1 Å². The first kappa shape index (κ1) is 34.0. The van der Waals surface area contributed by atoms with Crippen molar-refractivity contribution in [2.75, 3.05) is 24.6 Å². The van der Waals surface area contributed by atoms with Crippen molar-refractivity contribution in [3.05, 3.63) is 82.9 Å². The highest BCUT2D eigenvalue weighted by molar-refractivity contribution is 7.90. The SMILES string of the molecule is C=CCC[C@@H](C#N)S(=O)(=O)NC(=O)c1ccc2c(c1)N(C[C@@H]1CC[C@H]1[C@@H](O)/C=C/CCC)C[C@@]1(CCCc3cc(Cl)ccc31)CO2. The van der Waals surface area contributed by atoms with Gasteiger partial charge in [0.1, 0.15) is 5.75 Å². The molecular weight excluding hydrogens is 622 g/mol. The van der Waals surface area contributed by atoms with Crippen LogP contribution in [0.1, 0.15) is 79.8 Å². The number of aliphatic hydroxyl groups is 1. The molecule has 5 rings (SSSR count). The minimum atomic E-state index is -4.23. The van der Waals surface area contributed by atoms with Crippen LogP contribution in [0.3, 0.4) is 0 Å². The molecule has 2 aromatic rings. The highest BCUT2D eigenvalue weighted by Crippen LogP contribution is 2.46. The highest BCUT2D eigenvalue weighted by atomic mass is 35.5. The number of amides is 1. The van der Waals surface area contributed by atoms with Crippen LogP contribution in [0.25, 0.3) is 0 Å². The monoisotopic (exact) mass is 665 g/mol. The van der Waals surface area contributed by atoms with E-state index in [4.69, 9.17) is 16.3 Å². The fraction of sp³-hybridized carbons (Fsp3) is 0.500. The summed E-state index contributed by atoms with van der Waals surface area (Å²) in [6.45, 7) is 7.46. The first-order chi connectivity index (χ1) is 22.1. The van der Waals surface area contributed by atoms with Gasteiger partial charge in [-0.05, 0) is 105 Å². The number of unbranched alkanes of at least 4 members (excludes halogenated alkanes) is 1. The Labute approximate surface area is 278 Å². The second kappa shape index (κ2) is 14.6. The lowest BCUT2D eigenvalue weighted by Gasteiger charge is -2.45. The molecule has 246 valence electrons. The number of allylic oxidation sites excluding steroid dienone is 2. The third kappa shape index (κ3) is 7.30. The van der Waals surface area contributed by atoms with Gasteiger partial charge in [0, 0.05) is 29.1 Å². The number of nitrogens with zero attached hydrogens (tertiary/aromatic N) is 2. The summed E-state index contributed by atoms with van der Waals surface area (Å²) in [6.07, 6.45) is 12.1. The van der Waals surface area contributed by atoms with Crippen molar-refractivity contribution in [3.8, 4) is 11.8 Å². The number of rotatable bonds is 12. The molecule has 1 amide bonds. The summed E-state index contributed by atoms with van der Waals surface area (Å²) in [5.41, 5.74) is 3.01. The molecule has 1 heterocycles. The number of carbonyl (C=O) groups excluding carboxylic acids is 1. The minimum Gasteiger partial charge on any atom is -0.490 e. The number of aliphatic hydroxyl groups excluding tert-OH is 1. The number of hydrogen-bond acceptors (Lipinski definition) is 7. The van der Waals surface area contributed by atoms with E-state index in [0.29, 0.717) is 42.6 Å². The predicted molar refractivity (Wildman–Crippen MR) is 182 cm³/mol. The Bertz CT molecular complexity index is 1620. The van der Waals surface area contributed by atoms with Crippen molar-refractivity contribution in [2.24, 2.45) is 11.8 Å². The van der Waals surface area contributed by atoms with Gasteiger partial charge in [-0.3, -0.25) is 4.79 Å². The minimum absolute atomic E-state index is 0.0469. The van der Waals surface area contributed by atoms with E-state index >= 15 is 0 Å². The Hall–Kier alpha value is -3.32. The zero-order chi connectivity index (χ0) is 32.9. The van der Waals surface area contributed by atoms with Crippen molar-refractivity contribution in [1.82, 2.24) is 4.72 Å². The molecule has 10 heteroatoms. The topological polar surface area (TPSA) is 120 Å². The molecule has 1 aliphatic heterocycles. The van der Waals surface area contributed by atoms with Crippen LogP contribution in [0.4, 0.5) is 5.69 Å². The number of carbonyl (C=O) groups is 1. The van der Waals surface area contributed by atoms with Crippen molar-refractivity contribution in [1.29, 1.82) is 5.26 Å². The lowest BCUT2D eigenvalue weighted by molar-refractivity contribution is 0.0456. The second-order valence-electron chi connectivity index (χ2n) is 13.0. The third-order valence-corrected chi connectivity index (χ3v) is 11.6. The zero-order valence-corrected chi connectivity index (χ0v) is 28.0. The molecule has 2 aliphatic carbocycles. The molecule has 5 atom stereocenters. The average molecular weight is 666 g/mol. The number of aryl methyl sites for hydroxylation is 1. The maximum Gasteiger partial charge on any atom is 0.264 e. The Morgan fingerprint density at radius 3 is 2.83 bits per heavy atom. The van der Waals surface area contributed by atoms with Crippen molar-refractivity contribution in [3.63, 3.8) is 0 Å². The van der Waals surface area contributed by atoms with E-state index in [2.05, 4.69) is 35.3 Å². The van der Waals surface area contributed by atoms with Crippen LogP contribution in [0.15, 0.2) is 61.2 Å². The van der Waals surface area contributed by atoms with Gasteiger partial charge in [-0.2, -0.15) is 5.26 Å². The first-order valence-electron chi connectivity index (χ1n) is 16.3. The molecule has 1 saturated carbocycles. The maximum absolute atomic E-state index is 13.3. The first-order valence-corrected chi connectivity index (χ1v) is 18.2. The van der Waals surface area contributed by atoms with Crippen molar-refractivity contribution < 1.29 is 23.1 Å². The van der Waals surface area contributed by atoms with E-state index in [1.807, 2.05) is 18.2 Å². The van der Waals surface area contributed by atoms with Gasteiger partial charge in [-0.15, -0.1) is 6.58 Å². The van der Waals surface area contributed by atoms with Gasteiger partial charge >= 0.3 is 0 Å². The highest BCUT2D eigenvalue weighted by Gasteiger charge is 2.44. The lowest BCUT2D eigenvalue weighted by Crippen LogP contribution is -2.49. The molecule has 1 fully saturated rings. The molecule has 0 unspecified atom stereocenters. The summed E-state index contributed by atoms with van der Waals surface area (Å²) in [6, 6.07) is 12.9. The normalized spacial score (nSPS) is 23.7. The molecule has 0 aromatic heterocycles.